The second kappa shape index (κ2) is 9.67. The molecule has 1 aromatic carbocycles. The van der Waals surface area contributed by atoms with Gasteiger partial charge in [0.25, 0.3) is 0 Å². The largest absolute Gasteiger partial charge is 0.406 e. The molecule has 2 aliphatic heterocycles. The number of benzene rings is 1. The van der Waals surface area contributed by atoms with Gasteiger partial charge < -0.3 is 9.47 Å². The van der Waals surface area contributed by atoms with E-state index in [1.54, 1.807) is 35.0 Å². The van der Waals surface area contributed by atoms with E-state index in [-0.39, 0.29) is 29.7 Å². The molecular weight excluding hydrogens is 471 g/mol. The summed E-state index contributed by atoms with van der Waals surface area (Å²) in [6.07, 6.45) is 1.31. The molecule has 2 aromatic rings. The molecule has 0 spiro atoms. The Hall–Kier alpha value is -2.44. The number of hydrogen-bond donors (Lipinski definition) is 0. The highest BCUT2D eigenvalue weighted by atomic mass is 32.2. The van der Waals surface area contributed by atoms with E-state index in [1.807, 2.05) is 0 Å². The molecule has 186 valence electrons. The van der Waals surface area contributed by atoms with Crippen molar-refractivity contribution in [3.63, 3.8) is 0 Å². The van der Waals surface area contributed by atoms with Gasteiger partial charge in [-0.05, 0) is 56.5 Å². The summed E-state index contributed by atoms with van der Waals surface area (Å²) in [6.45, 7) is 0.497. The highest BCUT2D eigenvalue weighted by Gasteiger charge is 2.31. The molecule has 8 nitrogen and oxygen atoms in total. The number of alkyl halides is 3. The average molecular weight is 500 g/mol. The maximum Gasteiger partial charge on any atom is 0.406 e. The number of sulfonamides is 1. The van der Waals surface area contributed by atoms with Crippen molar-refractivity contribution in [3.8, 4) is 0 Å². The van der Waals surface area contributed by atoms with Gasteiger partial charge in [-0.1, -0.05) is 0 Å². The number of likely N-dealkylation sites (N-methyl/N-ethyl adjacent to an activating group) is 1. The minimum absolute atomic E-state index is 0.00779. The highest BCUT2D eigenvalue weighted by Crippen LogP contribution is 2.31. The van der Waals surface area contributed by atoms with Crippen LogP contribution in [0.3, 0.4) is 0 Å². The van der Waals surface area contributed by atoms with Crippen LogP contribution in [-0.4, -0.2) is 72.5 Å². The number of nitrogens with zero attached hydrogens (tertiary/aromatic N) is 5. The first kappa shape index (κ1) is 24.7. The monoisotopic (exact) mass is 499 g/mol. The number of carbonyl (C=O) groups is 1. The summed E-state index contributed by atoms with van der Waals surface area (Å²) in [4.78, 5) is 20.6. The number of rotatable bonds is 7. The van der Waals surface area contributed by atoms with Crippen LogP contribution < -0.4 is 4.90 Å². The fraction of sp³-hybridized carbons (Fsp3) is 0.545. The number of aromatic nitrogens is 2. The number of imidazole rings is 1. The van der Waals surface area contributed by atoms with Crippen molar-refractivity contribution in [3.05, 3.63) is 42.0 Å². The number of amides is 1. The lowest BCUT2D eigenvalue weighted by molar-refractivity contribution is -0.141. The van der Waals surface area contributed by atoms with Crippen molar-refractivity contribution < 1.29 is 26.4 Å². The third-order valence-corrected chi connectivity index (χ3v) is 8.04. The van der Waals surface area contributed by atoms with Crippen LogP contribution in [0.2, 0.25) is 0 Å². The molecular formula is C22H28F3N5O3S. The van der Waals surface area contributed by atoms with Crippen molar-refractivity contribution in [1.29, 1.82) is 0 Å². The van der Waals surface area contributed by atoms with E-state index < -0.39 is 22.7 Å². The Kier molecular flexibility index (Phi) is 7.02. The molecule has 1 aromatic heterocycles. The molecule has 4 rings (SSSR count). The van der Waals surface area contributed by atoms with Crippen molar-refractivity contribution in [2.45, 2.75) is 49.8 Å². The summed E-state index contributed by atoms with van der Waals surface area (Å²) < 4.78 is 66.6. The number of halogens is 3. The second-order valence-corrected chi connectivity index (χ2v) is 10.7. The topological polar surface area (TPSA) is 78.8 Å². The number of anilines is 1. The van der Waals surface area contributed by atoms with Gasteiger partial charge in [0.2, 0.25) is 15.9 Å². The molecule has 3 heterocycles. The van der Waals surface area contributed by atoms with E-state index in [0.29, 0.717) is 38.2 Å². The molecule has 0 atom stereocenters. The van der Waals surface area contributed by atoms with Crippen LogP contribution in [0.25, 0.3) is 0 Å². The van der Waals surface area contributed by atoms with Crippen LogP contribution >= 0.6 is 0 Å². The lowest BCUT2D eigenvalue weighted by atomic mass is 10.0. The van der Waals surface area contributed by atoms with Crippen LogP contribution in [0.4, 0.5) is 18.9 Å². The SMILES string of the molecule is CN(CC(=O)N1CCCc2cc(S(=O)(=O)N3CCCC3)ccc21)Cc1nccn1CC(F)(F)F. The van der Waals surface area contributed by atoms with Crippen LogP contribution in [-0.2, 0) is 34.3 Å². The van der Waals surface area contributed by atoms with Crippen molar-refractivity contribution in [2.75, 3.05) is 38.1 Å². The Morgan fingerprint density at radius 2 is 1.88 bits per heavy atom. The van der Waals surface area contributed by atoms with Crippen molar-refractivity contribution in [1.82, 2.24) is 18.8 Å². The van der Waals surface area contributed by atoms with Crippen molar-refractivity contribution >= 4 is 21.6 Å². The molecule has 12 heteroatoms. The van der Waals surface area contributed by atoms with Crippen molar-refractivity contribution in [2.24, 2.45) is 0 Å². The molecule has 1 fully saturated rings. The third-order valence-electron chi connectivity index (χ3n) is 6.14. The molecule has 1 saturated heterocycles. The average Bonchev–Trinajstić information content (AvgIpc) is 3.45. The predicted molar refractivity (Wildman–Crippen MR) is 120 cm³/mol. The van der Waals surface area contributed by atoms with E-state index >= 15 is 0 Å². The maximum atomic E-state index is 13.1. The maximum absolute atomic E-state index is 13.1. The van der Waals surface area contributed by atoms with Gasteiger partial charge in [0.15, 0.2) is 0 Å². The Morgan fingerprint density at radius 3 is 2.59 bits per heavy atom. The molecule has 0 unspecified atom stereocenters. The number of fused-ring (bicyclic) bond motifs is 1. The smallest absolute Gasteiger partial charge is 0.325 e. The minimum atomic E-state index is -4.36. The zero-order valence-electron chi connectivity index (χ0n) is 19.0. The van der Waals surface area contributed by atoms with Gasteiger partial charge in [0.1, 0.15) is 12.4 Å². The summed E-state index contributed by atoms with van der Waals surface area (Å²) in [6, 6.07) is 4.90. The summed E-state index contributed by atoms with van der Waals surface area (Å²) in [7, 11) is -1.89. The molecule has 34 heavy (non-hydrogen) atoms. The molecule has 1 amide bonds. The highest BCUT2D eigenvalue weighted by molar-refractivity contribution is 7.89. The molecule has 0 N–H and O–H groups in total. The second-order valence-electron chi connectivity index (χ2n) is 8.81. The van der Waals surface area contributed by atoms with E-state index in [0.717, 1.165) is 23.0 Å². The Balaban J connectivity index is 1.45. The van der Waals surface area contributed by atoms with Gasteiger partial charge in [0.05, 0.1) is 18.0 Å². The molecule has 0 bridgehead atoms. The lowest BCUT2D eigenvalue weighted by Gasteiger charge is -2.31. The van der Waals surface area contributed by atoms with E-state index in [2.05, 4.69) is 4.98 Å². The minimum Gasteiger partial charge on any atom is -0.325 e. The van der Waals surface area contributed by atoms with Crippen LogP contribution in [0.15, 0.2) is 35.5 Å². The standard InChI is InChI=1S/C22H28F3N5O3S/c1-27(14-20-26-8-12-28(20)16-22(23,24)25)15-21(31)30-11-4-5-17-13-18(6-7-19(17)30)34(32,33)29-9-2-3-10-29/h6-8,12-13H,2-5,9-11,14-16H2,1H3. The van der Waals surface area contributed by atoms with Crippen LogP contribution in [0, 0.1) is 0 Å². The van der Waals surface area contributed by atoms with E-state index in [9.17, 15) is 26.4 Å². The zero-order chi connectivity index (χ0) is 24.5. The zero-order valence-corrected chi connectivity index (χ0v) is 19.8. The molecule has 0 radical (unpaired) electrons. The predicted octanol–water partition coefficient (Wildman–Crippen LogP) is 2.64. The van der Waals surface area contributed by atoms with Gasteiger partial charge in [-0.15, -0.1) is 0 Å². The molecule has 0 aliphatic carbocycles. The Labute approximate surface area is 197 Å². The summed E-state index contributed by atoms with van der Waals surface area (Å²) >= 11 is 0. The number of aryl methyl sites for hydroxylation is 1. The summed E-state index contributed by atoms with van der Waals surface area (Å²) in [5, 5.41) is 0. The van der Waals surface area contributed by atoms with E-state index in [1.165, 1.54) is 16.7 Å². The third kappa shape index (κ3) is 5.44. The Morgan fingerprint density at radius 1 is 1.15 bits per heavy atom. The first-order valence-electron chi connectivity index (χ1n) is 11.2. The fourth-order valence-electron chi connectivity index (χ4n) is 4.51. The van der Waals surface area contributed by atoms with Crippen LogP contribution in [0.1, 0.15) is 30.7 Å². The first-order chi connectivity index (χ1) is 16.0. The fourth-order valence-corrected chi connectivity index (χ4v) is 6.08. The number of hydrogen-bond acceptors (Lipinski definition) is 5. The molecule has 0 saturated carbocycles. The quantitative estimate of drug-likeness (QED) is 0.585. The van der Waals surface area contributed by atoms with Gasteiger partial charge in [-0.25, -0.2) is 13.4 Å². The summed E-state index contributed by atoms with van der Waals surface area (Å²) in [5.41, 5.74) is 1.49. The number of carbonyl (C=O) groups excluding carboxylic acids is 1. The molecule has 2 aliphatic rings. The van der Waals surface area contributed by atoms with Gasteiger partial charge in [-0.3, -0.25) is 9.69 Å². The van der Waals surface area contributed by atoms with E-state index in [4.69, 9.17) is 0 Å². The summed E-state index contributed by atoms with van der Waals surface area (Å²) in [5.74, 6) is 0.0240. The Bertz CT molecular complexity index is 1140. The normalized spacial score (nSPS) is 17.4. The van der Waals surface area contributed by atoms with Gasteiger partial charge >= 0.3 is 6.18 Å². The van der Waals surface area contributed by atoms with Crippen LogP contribution in [0.5, 0.6) is 0 Å². The van der Waals surface area contributed by atoms with Gasteiger partial charge in [-0.2, -0.15) is 17.5 Å². The lowest BCUT2D eigenvalue weighted by Crippen LogP contribution is -2.42. The first-order valence-corrected chi connectivity index (χ1v) is 12.7. The van der Waals surface area contributed by atoms with Gasteiger partial charge in [0, 0.05) is 37.7 Å².